The highest BCUT2D eigenvalue weighted by Crippen LogP contribution is 2.31. The molecule has 0 radical (unpaired) electrons. The lowest BCUT2D eigenvalue weighted by Crippen LogP contribution is -2.44. The molecule has 2 aliphatic rings. The van der Waals surface area contributed by atoms with E-state index in [0.29, 0.717) is 0 Å². The SMILES string of the molecule is CCCOC1CCCN(C(=O)C2CC2N)C1. The van der Waals surface area contributed by atoms with Gasteiger partial charge in [0.25, 0.3) is 0 Å². The van der Waals surface area contributed by atoms with Gasteiger partial charge >= 0.3 is 0 Å². The van der Waals surface area contributed by atoms with E-state index in [1.54, 1.807) is 0 Å². The lowest BCUT2D eigenvalue weighted by Gasteiger charge is -2.32. The van der Waals surface area contributed by atoms with E-state index in [4.69, 9.17) is 10.5 Å². The maximum Gasteiger partial charge on any atom is 0.227 e. The van der Waals surface area contributed by atoms with Gasteiger partial charge in [0.05, 0.1) is 12.0 Å². The predicted octanol–water partition coefficient (Wildman–Crippen LogP) is 0.751. The van der Waals surface area contributed by atoms with Gasteiger partial charge in [-0.05, 0) is 25.7 Å². The summed E-state index contributed by atoms with van der Waals surface area (Å²) in [6, 6.07) is 0.115. The molecule has 1 amide bonds. The van der Waals surface area contributed by atoms with Crippen molar-refractivity contribution in [3.8, 4) is 0 Å². The molecule has 1 saturated heterocycles. The van der Waals surface area contributed by atoms with Crippen LogP contribution in [-0.4, -0.2) is 42.6 Å². The Morgan fingerprint density at radius 3 is 2.94 bits per heavy atom. The highest BCUT2D eigenvalue weighted by molar-refractivity contribution is 5.82. The van der Waals surface area contributed by atoms with E-state index in [2.05, 4.69) is 6.92 Å². The maximum absolute atomic E-state index is 12.0. The standard InChI is InChI=1S/C12H22N2O2/c1-2-6-16-9-4-3-5-14(8-9)12(15)10-7-11(10)13/h9-11H,2-8,13H2,1H3. The maximum atomic E-state index is 12.0. The predicted molar refractivity (Wildman–Crippen MR) is 61.9 cm³/mol. The zero-order valence-corrected chi connectivity index (χ0v) is 10.0. The first-order valence-corrected chi connectivity index (χ1v) is 6.38. The molecule has 0 aromatic carbocycles. The summed E-state index contributed by atoms with van der Waals surface area (Å²) in [5.41, 5.74) is 5.71. The second kappa shape index (κ2) is 5.15. The summed E-state index contributed by atoms with van der Waals surface area (Å²) >= 11 is 0. The minimum atomic E-state index is 0.102. The number of carbonyl (C=O) groups is 1. The van der Waals surface area contributed by atoms with Gasteiger partial charge in [-0.3, -0.25) is 4.79 Å². The van der Waals surface area contributed by atoms with Crippen LogP contribution in [0.5, 0.6) is 0 Å². The van der Waals surface area contributed by atoms with Crippen LogP contribution in [0.1, 0.15) is 32.6 Å². The van der Waals surface area contributed by atoms with Gasteiger partial charge < -0.3 is 15.4 Å². The number of hydrogen-bond donors (Lipinski definition) is 1. The fourth-order valence-electron chi connectivity index (χ4n) is 2.29. The van der Waals surface area contributed by atoms with Crippen LogP contribution in [0, 0.1) is 5.92 Å². The van der Waals surface area contributed by atoms with Crippen LogP contribution in [-0.2, 0) is 9.53 Å². The summed E-state index contributed by atoms with van der Waals surface area (Å²) < 4.78 is 5.71. The van der Waals surface area contributed by atoms with Crippen LogP contribution in [0.3, 0.4) is 0 Å². The van der Waals surface area contributed by atoms with E-state index in [1.807, 2.05) is 4.90 Å². The van der Waals surface area contributed by atoms with Crippen LogP contribution in [0.15, 0.2) is 0 Å². The molecule has 3 atom stereocenters. The van der Waals surface area contributed by atoms with Crippen molar-refractivity contribution in [3.05, 3.63) is 0 Å². The fraction of sp³-hybridized carbons (Fsp3) is 0.917. The van der Waals surface area contributed by atoms with E-state index >= 15 is 0 Å². The smallest absolute Gasteiger partial charge is 0.227 e. The summed E-state index contributed by atoms with van der Waals surface area (Å²) in [7, 11) is 0. The molecule has 92 valence electrons. The van der Waals surface area contributed by atoms with Crippen molar-refractivity contribution in [1.29, 1.82) is 0 Å². The Kier molecular flexibility index (Phi) is 3.82. The molecule has 1 saturated carbocycles. The molecule has 1 heterocycles. The quantitative estimate of drug-likeness (QED) is 0.769. The molecule has 1 aliphatic carbocycles. The summed E-state index contributed by atoms with van der Waals surface area (Å²) in [6.07, 6.45) is 4.30. The topological polar surface area (TPSA) is 55.6 Å². The third-order valence-electron chi connectivity index (χ3n) is 3.40. The van der Waals surface area contributed by atoms with Crippen LogP contribution in [0.4, 0.5) is 0 Å². The van der Waals surface area contributed by atoms with Gasteiger partial charge in [-0.15, -0.1) is 0 Å². The van der Waals surface area contributed by atoms with Crippen LogP contribution < -0.4 is 5.73 Å². The number of piperidine rings is 1. The van der Waals surface area contributed by atoms with Crippen molar-refractivity contribution >= 4 is 5.91 Å². The zero-order chi connectivity index (χ0) is 11.5. The Hall–Kier alpha value is -0.610. The Balaban J connectivity index is 1.79. The average Bonchev–Trinajstić information content (AvgIpc) is 3.03. The first-order chi connectivity index (χ1) is 7.72. The fourth-order valence-corrected chi connectivity index (χ4v) is 2.29. The lowest BCUT2D eigenvalue weighted by molar-refractivity contribution is -0.136. The third-order valence-corrected chi connectivity index (χ3v) is 3.40. The minimum Gasteiger partial charge on any atom is -0.376 e. The largest absolute Gasteiger partial charge is 0.376 e. The molecule has 0 aromatic heterocycles. The van der Waals surface area contributed by atoms with Gasteiger partial charge in [0.2, 0.25) is 5.91 Å². The molecule has 3 unspecified atom stereocenters. The molecule has 0 spiro atoms. The molecule has 1 aliphatic heterocycles. The number of nitrogens with zero attached hydrogens (tertiary/aromatic N) is 1. The molecule has 2 rings (SSSR count). The molecule has 16 heavy (non-hydrogen) atoms. The van der Waals surface area contributed by atoms with Crippen LogP contribution >= 0.6 is 0 Å². The number of amides is 1. The van der Waals surface area contributed by atoms with Crippen LogP contribution in [0.2, 0.25) is 0 Å². The number of nitrogens with two attached hydrogens (primary N) is 1. The van der Waals surface area contributed by atoms with Crippen molar-refractivity contribution in [2.24, 2.45) is 11.7 Å². The lowest BCUT2D eigenvalue weighted by atomic mass is 10.1. The zero-order valence-electron chi connectivity index (χ0n) is 10.0. The average molecular weight is 226 g/mol. The monoisotopic (exact) mass is 226 g/mol. The number of ether oxygens (including phenoxy) is 1. The van der Waals surface area contributed by atoms with E-state index in [1.165, 1.54) is 0 Å². The second-order valence-electron chi connectivity index (χ2n) is 4.93. The summed E-state index contributed by atoms with van der Waals surface area (Å²) in [5.74, 6) is 0.349. The highest BCUT2D eigenvalue weighted by Gasteiger charge is 2.43. The molecule has 4 nitrogen and oxygen atoms in total. The number of likely N-dealkylation sites (tertiary alicyclic amines) is 1. The Labute approximate surface area is 97.1 Å². The van der Waals surface area contributed by atoms with Gasteiger partial charge in [0.1, 0.15) is 0 Å². The van der Waals surface area contributed by atoms with Gasteiger partial charge in [0.15, 0.2) is 0 Å². The van der Waals surface area contributed by atoms with Crippen molar-refractivity contribution in [3.63, 3.8) is 0 Å². The van der Waals surface area contributed by atoms with E-state index < -0.39 is 0 Å². The molecule has 4 heteroatoms. The van der Waals surface area contributed by atoms with Crippen molar-refractivity contribution < 1.29 is 9.53 Å². The first-order valence-electron chi connectivity index (χ1n) is 6.38. The highest BCUT2D eigenvalue weighted by atomic mass is 16.5. The molecule has 0 bridgehead atoms. The van der Waals surface area contributed by atoms with Gasteiger partial charge in [-0.2, -0.15) is 0 Å². The Morgan fingerprint density at radius 1 is 1.56 bits per heavy atom. The van der Waals surface area contributed by atoms with E-state index in [0.717, 1.165) is 45.4 Å². The van der Waals surface area contributed by atoms with Gasteiger partial charge in [-0.25, -0.2) is 0 Å². The Morgan fingerprint density at radius 2 is 2.31 bits per heavy atom. The van der Waals surface area contributed by atoms with Crippen molar-refractivity contribution in [2.45, 2.75) is 44.8 Å². The van der Waals surface area contributed by atoms with E-state index in [9.17, 15) is 4.79 Å². The Bertz CT molecular complexity index is 257. The molecular weight excluding hydrogens is 204 g/mol. The number of carbonyl (C=O) groups excluding carboxylic acids is 1. The number of rotatable bonds is 4. The summed E-state index contributed by atoms with van der Waals surface area (Å²) in [6.45, 7) is 4.56. The van der Waals surface area contributed by atoms with Gasteiger partial charge in [0, 0.05) is 25.7 Å². The van der Waals surface area contributed by atoms with Gasteiger partial charge in [-0.1, -0.05) is 6.92 Å². The number of hydrogen-bond acceptors (Lipinski definition) is 3. The van der Waals surface area contributed by atoms with Crippen molar-refractivity contribution in [2.75, 3.05) is 19.7 Å². The molecule has 0 aromatic rings. The molecule has 2 N–H and O–H groups in total. The normalized spacial score (nSPS) is 33.9. The summed E-state index contributed by atoms with van der Waals surface area (Å²) in [4.78, 5) is 13.9. The minimum absolute atomic E-state index is 0.102. The first kappa shape index (κ1) is 11.9. The van der Waals surface area contributed by atoms with Crippen molar-refractivity contribution in [1.82, 2.24) is 4.90 Å². The van der Waals surface area contributed by atoms with Crippen LogP contribution in [0.25, 0.3) is 0 Å². The third kappa shape index (κ3) is 2.74. The second-order valence-corrected chi connectivity index (χ2v) is 4.93. The summed E-state index contributed by atoms with van der Waals surface area (Å²) in [5, 5.41) is 0. The molecular formula is C12H22N2O2. The molecule has 2 fully saturated rings. The van der Waals surface area contributed by atoms with E-state index in [-0.39, 0.29) is 24.0 Å².